The molecule has 0 fully saturated rings. The molecule has 0 saturated carbocycles. The standard InChI is InChI=1S/C14H14O2S/c1-11-9-13(10-15)6-7-14(11)5-3-4-8-17-12(2)16/h6-7,9-10H,4,8H2,1-2H3. The van der Waals surface area contributed by atoms with E-state index < -0.39 is 0 Å². The SMILES string of the molecule is CC(=O)SCCC#Cc1ccc(C=O)cc1C. The maximum Gasteiger partial charge on any atom is 0.185 e. The van der Waals surface area contributed by atoms with Crippen molar-refractivity contribution < 1.29 is 9.59 Å². The van der Waals surface area contributed by atoms with Gasteiger partial charge in [0.15, 0.2) is 5.12 Å². The quantitative estimate of drug-likeness (QED) is 0.467. The second kappa shape index (κ2) is 6.93. The lowest BCUT2D eigenvalue weighted by Gasteiger charge is -1.98. The topological polar surface area (TPSA) is 34.1 Å². The molecule has 0 radical (unpaired) electrons. The van der Waals surface area contributed by atoms with E-state index >= 15 is 0 Å². The summed E-state index contributed by atoms with van der Waals surface area (Å²) < 4.78 is 0. The van der Waals surface area contributed by atoms with Crippen LogP contribution in [0.2, 0.25) is 0 Å². The number of thioether (sulfide) groups is 1. The number of carbonyl (C=O) groups is 2. The molecule has 0 bridgehead atoms. The van der Waals surface area contributed by atoms with Crippen LogP contribution in [-0.4, -0.2) is 17.2 Å². The van der Waals surface area contributed by atoms with E-state index in [2.05, 4.69) is 11.8 Å². The Labute approximate surface area is 106 Å². The molecule has 2 nitrogen and oxygen atoms in total. The predicted molar refractivity (Wildman–Crippen MR) is 71.2 cm³/mol. The fourth-order valence-electron chi connectivity index (χ4n) is 1.30. The van der Waals surface area contributed by atoms with Crippen molar-refractivity contribution in [3.8, 4) is 11.8 Å². The number of aldehydes is 1. The van der Waals surface area contributed by atoms with Crippen LogP contribution in [0.3, 0.4) is 0 Å². The van der Waals surface area contributed by atoms with Crippen LogP contribution in [-0.2, 0) is 4.79 Å². The fraction of sp³-hybridized carbons (Fsp3) is 0.286. The highest BCUT2D eigenvalue weighted by atomic mass is 32.2. The molecule has 1 aromatic carbocycles. The number of aryl methyl sites for hydroxylation is 1. The molecular formula is C14H14O2S. The van der Waals surface area contributed by atoms with Crippen LogP contribution < -0.4 is 0 Å². The van der Waals surface area contributed by atoms with Gasteiger partial charge in [-0.25, -0.2) is 0 Å². The largest absolute Gasteiger partial charge is 0.298 e. The van der Waals surface area contributed by atoms with Gasteiger partial charge in [-0.3, -0.25) is 9.59 Å². The lowest BCUT2D eigenvalue weighted by atomic mass is 10.1. The number of benzene rings is 1. The van der Waals surface area contributed by atoms with E-state index in [9.17, 15) is 9.59 Å². The van der Waals surface area contributed by atoms with Crippen molar-refractivity contribution in [1.82, 2.24) is 0 Å². The Bertz CT molecular complexity index is 481. The summed E-state index contributed by atoms with van der Waals surface area (Å²) in [6.07, 6.45) is 1.52. The maximum absolute atomic E-state index is 10.7. The number of hydrogen-bond acceptors (Lipinski definition) is 3. The van der Waals surface area contributed by atoms with E-state index in [1.54, 1.807) is 13.0 Å². The summed E-state index contributed by atoms with van der Waals surface area (Å²) in [5, 5.41) is 0.123. The van der Waals surface area contributed by atoms with E-state index in [1.165, 1.54) is 11.8 Å². The average molecular weight is 246 g/mol. The van der Waals surface area contributed by atoms with Gasteiger partial charge in [-0.2, -0.15) is 0 Å². The Morgan fingerprint density at radius 2 is 2.24 bits per heavy atom. The van der Waals surface area contributed by atoms with Crippen LogP contribution in [0.1, 0.15) is 34.8 Å². The minimum atomic E-state index is 0.123. The summed E-state index contributed by atoms with van der Waals surface area (Å²) in [5.74, 6) is 6.80. The third-order valence-electron chi connectivity index (χ3n) is 2.14. The van der Waals surface area contributed by atoms with E-state index in [1.807, 2.05) is 19.1 Å². The zero-order valence-corrected chi connectivity index (χ0v) is 10.8. The maximum atomic E-state index is 10.7. The molecule has 0 heterocycles. The monoisotopic (exact) mass is 246 g/mol. The number of hydrogen-bond donors (Lipinski definition) is 0. The van der Waals surface area contributed by atoms with Gasteiger partial charge >= 0.3 is 0 Å². The van der Waals surface area contributed by atoms with Crippen LogP contribution in [0.5, 0.6) is 0 Å². The highest BCUT2D eigenvalue weighted by Gasteiger charge is 1.96. The van der Waals surface area contributed by atoms with Gasteiger partial charge < -0.3 is 0 Å². The summed E-state index contributed by atoms with van der Waals surface area (Å²) in [6.45, 7) is 3.49. The van der Waals surface area contributed by atoms with Crippen LogP contribution in [0.25, 0.3) is 0 Å². The van der Waals surface area contributed by atoms with Gasteiger partial charge in [0.2, 0.25) is 0 Å². The molecule has 3 heteroatoms. The van der Waals surface area contributed by atoms with Crippen molar-refractivity contribution in [2.24, 2.45) is 0 Å². The first-order valence-electron chi connectivity index (χ1n) is 5.31. The minimum absolute atomic E-state index is 0.123. The summed E-state index contributed by atoms with van der Waals surface area (Å²) in [4.78, 5) is 21.2. The summed E-state index contributed by atoms with van der Waals surface area (Å²) in [6, 6.07) is 5.43. The zero-order chi connectivity index (χ0) is 12.7. The highest BCUT2D eigenvalue weighted by Crippen LogP contribution is 2.09. The van der Waals surface area contributed by atoms with Crippen LogP contribution in [0.15, 0.2) is 18.2 Å². The number of rotatable bonds is 3. The second-order valence-electron chi connectivity index (χ2n) is 3.58. The fourth-order valence-corrected chi connectivity index (χ4v) is 1.80. The lowest BCUT2D eigenvalue weighted by Crippen LogP contribution is -1.87. The van der Waals surface area contributed by atoms with Crippen molar-refractivity contribution in [2.45, 2.75) is 20.3 Å². The Kier molecular flexibility index (Phi) is 5.51. The van der Waals surface area contributed by atoms with Crippen molar-refractivity contribution in [1.29, 1.82) is 0 Å². The zero-order valence-electron chi connectivity index (χ0n) is 9.95. The molecule has 0 atom stereocenters. The summed E-state index contributed by atoms with van der Waals surface area (Å²) in [7, 11) is 0. The molecule has 0 aliphatic rings. The molecule has 1 aromatic rings. The predicted octanol–water partition coefficient (Wildman–Crippen LogP) is 2.83. The minimum Gasteiger partial charge on any atom is -0.298 e. The van der Waals surface area contributed by atoms with Gasteiger partial charge in [-0.1, -0.05) is 29.7 Å². The van der Waals surface area contributed by atoms with Gasteiger partial charge in [-0.05, 0) is 24.6 Å². The summed E-state index contributed by atoms with van der Waals surface area (Å²) in [5.41, 5.74) is 2.60. The molecular weight excluding hydrogens is 232 g/mol. The molecule has 0 saturated heterocycles. The van der Waals surface area contributed by atoms with Crippen molar-refractivity contribution in [3.63, 3.8) is 0 Å². The molecule has 0 unspecified atom stereocenters. The van der Waals surface area contributed by atoms with Gasteiger partial charge in [0.25, 0.3) is 0 Å². The van der Waals surface area contributed by atoms with E-state index in [4.69, 9.17) is 0 Å². The van der Waals surface area contributed by atoms with Crippen molar-refractivity contribution >= 4 is 23.2 Å². The smallest absolute Gasteiger partial charge is 0.185 e. The van der Waals surface area contributed by atoms with E-state index in [0.717, 1.165) is 23.2 Å². The van der Waals surface area contributed by atoms with Gasteiger partial charge in [0.1, 0.15) is 6.29 Å². The third kappa shape index (κ3) is 4.88. The molecule has 0 aliphatic heterocycles. The summed E-state index contributed by atoms with van der Waals surface area (Å²) >= 11 is 1.29. The first-order chi connectivity index (χ1) is 8.13. The Hall–Kier alpha value is -1.53. The Morgan fingerprint density at radius 3 is 2.82 bits per heavy atom. The first-order valence-corrected chi connectivity index (χ1v) is 6.30. The normalized spacial score (nSPS) is 9.29. The highest BCUT2D eigenvalue weighted by molar-refractivity contribution is 8.13. The number of carbonyl (C=O) groups excluding carboxylic acids is 2. The molecule has 0 N–H and O–H groups in total. The van der Waals surface area contributed by atoms with E-state index in [-0.39, 0.29) is 5.12 Å². The van der Waals surface area contributed by atoms with Crippen molar-refractivity contribution in [2.75, 3.05) is 5.75 Å². The second-order valence-corrected chi connectivity index (χ2v) is 4.86. The van der Waals surface area contributed by atoms with Crippen LogP contribution >= 0.6 is 11.8 Å². The van der Waals surface area contributed by atoms with Gasteiger partial charge in [0, 0.05) is 30.2 Å². The van der Waals surface area contributed by atoms with Crippen LogP contribution in [0, 0.1) is 18.8 Å². The third-order valence-corrected chi connectivity index (χ3v) is 2.96. The molecule has 0 spiro atoms. The molecule has 17 heavy (non-hydrogen) atoms. The van der Waals surface area contributed by atoms with Crippen LogP contribution in [0.4, 0.5) is 0 Å². The Balaban J connectivity index is 2.59. The molecule has 1 rings (SSSR count). The molecule has 0 aromatic heterocycles. The average Bonchev–Trinajstić information content (AvgIpc) is 2.30. The molecule has 0 aliphatic carbocycles. The molecule has 0 amide bonds. The molecule has 88 valence electrons. The van der Waals surface area contributed by atoms with Gasteiger partial charge in [0.05, 0.1) is 0 Å². The van der Waals surface area contributed by atoms with E-state index in [0.29, 0.717) is 12.0 Å². The van der Waals surface area contributed by atoms with Gasteiger partial charge in [-0.15, -0.1) is 0 Å². The Morgan fingerprint density at radius 1 is 1.47 bits per heavy atom. The lowest BCUT2D eigenvalue weighted by molar-refractivity contribution is -0.109. The van der Waals surface area contributed by atoms with Crippen molar-refractivity contribution in [3.05, 3.63) is 34.9 Å². The first kappa shape index (κ1) is 13.5.